The van der Waals surface area contributed by atoms with E-state index in [4.69, 9.17) is 27.6 Å². The number of rotatable bonds is 5. The highest BCUT2D eigenvalue weighted by atomic mass is 16.3. The van der Waals surface area contributed by atoms with Crippen molar-refractivity contribution in [1.82, 2.24) is 15.0 Å². The highest BCUT2D eigenvalue weighted by Gasteiger charge is 2.19. The van der Waals surface area contributed by atoms with Crippen molar-refractivity contribution >= 4 is 43.5 Å². The van der Waals surface area contributed by atoms with Crippen LogP contribution in [0.25, 0.3) is 99.9 Å². The normalized spacial score (nSPS) is 13.5. The van der Waals surface area contributed by atoms with Crippen LogP contribution in [0.1, 0.15) is 9.60 Å². The monoisotopic (exact) mass is 658 g/mol. The number of hydrogen-bond donors (Lipinski definition) is 0. The van der Waals surface area contributed by atoms with E-state index in [9.17, 15) is 1.37 Å². The fourth-order valence-electron chi connectivity index (χ4n) is 6.75. The first kappa shape index (κ1) is 22.7. The molecule has 0 aliphatic heterocycles. The molecule has 0 aliphatic carbocycles. The van der Waals surface area contributed by atoms with Crippen molar-refractivity contribution < 1.29 is 14.0 Å². The Morgan fingerprint density at radius 2 is 1.02 bits per heavy atom. The van der Waals surface area contributed by atoms with E-state index >= 15 is 0 Å². The maximum Gasteiger partial charge on any atom is 0.164 e. The SMILES string of the molecule is [2H]c1c([2H])c([2H])c2c(oc3c([2H])c([2H])c([2H])c(-c4nc(-c5cccc(-c6ccc(-c7ccc8ccccc8c7)cc6)c5)nc(-c5cccc6ccccc56)n4)c32)c1[2H]. The number of fused-ring (bicyclic) bond motifs is 5. The molecule has 2 heterocycles. The number of hydrogen-bond acceptors (Lipinski definition) is 4. The molecule has 0 N–H and O–H groups in total. The van der Waals surface area contributed by atoms with Crippen molar-refractivity contribution in [3.05, 3.63) is 176 Å². The largest absolute Gasteiger partial charge is 0.456 e. The van der Waals surface area contributed by atoms with Gasteiger partial charge in [-0.1, -0.05) is 152 Å². The van der Waals surface area contributed by atoms with Crippen molar-refractivity contribution in [1.29, 1.82) is 0 Å². The molecule has 10 rings (SSSR count). The van der Waals surface area contributed by atoms with E-state index in [1.54, 1.807) is 0 Å². The molecule has 0 radical (unpaired) electrons. The third-order valence-electron chi connectivity index (χ3n) is 9.26. The van der Waals surface area contributed by atoms with Crippen LogP contribution in [-0.2, 0) is 0 Å². The quantitative estimate of drug-likeness (QED) is 0.185. The molecule has 0 saturated heterocycles. The van der Waals surface area contributed by atoms with Gasteiger partial charge in [0.1, 0.15) is 11.2 Å². The average Bonchev–Trinajstić information content (AvgIpc) is 3.67. The second-order valence-corrected chi connectivity index (χ2v) is 12.3. The van der Waals surface area contributed by atoms with E-state index in [0.717, 1.165) is 33.0 Å². The fourth-order valence-corrected chi connectivity index (χ4v) is 6.75. The Balaban J connectivity index is 1.18. The molecule has 10 aromatic rings. The van der Waals surface area contributed by atoms with Gasteiger partial charge in [0.2, 0.25) is 0 Å². The topological polar surface area (TPSA) is 51.8 Å². The van der Waals surface area contributed by atoms with Gasteiger partial charge >= 0.3 is 0 Å². The van der Waals surface area contributed by atoms with Gasteiger partial charge < -0.3 is 4.42 Å². The van der Waals surface area contributed by atoms with Gasteiger partial charge in [-0.2, -0.15) is 0 Å². The maximum absolute atomic E-state index is 9.20. The van der Waals surface area contributed by atoms with Crippen molar-refractivity contribution in [2.24, 2.45) is 0 Å². The molecular formula is C47H29N3O. The van der Waals surface area contributed by atoms with Crippen LogP contribution in [0.5, 0.6) is 0 Å². The first-order chi connectivity index (χ1) is 28.2. The predicted molar refractivity (Wildman–Crippen MR) is 209 cm³/mol. The molecule has 51 heavy (non-hydrogen) atoms. The summed E-state index contributed by atoms with van der Waals surface area (Å²) in [5.41, 5.74) is 5.15. The zero-order valence-electron chi connectivity index (χ0n) is 34.0. The number of aromatic nitrogens is 3. The van der Waals surface area contributed by atoms with Crippen molar-refractivity contribution in [3.63, 3.8) is 0 Å². The van der Waals surface area contributed by atoms with Crippen molar-refractivity contribution in [3.8, 4) is 56.4 Å². The second-order valence-electron chi connectivity index (χ2n) is 12.3. The smallest absolute Gasteiger partial charge is 0.164 e. The summed E-state index contributed by atoms with van der Waals surface area (Å²) >= 11 is 0. The van der Waals surface area contributed by atoms with Crippen LogP contribution >= 0.6 is 0 Å². The molecular weight excluding hydrogens is 623 g/mol. The number of nitrogens with zero attached hydrogens (tertiary/aromatic N) is 3. The molecule has 4 heteroatoms. The maximum atomic E-state index is 9.20. The van der Waals surface area contributed by atoms with E-state index in [0.29, 0.717) is 17.0 Å². The Labute approximate surface area is 304 Å². The zero-order valence-corrected chi connectivity index (χ0v) is 27.0. The Morgan fingerprint density at radius 3 is 1.88 bits per heavy atom. The molecule has 0 saturated carbocycles. The van der Waals surface area contributed by atoms with E-state index in [1.165, 1.54) is 10.8 Å². The third kappa shape index (κ3) is 5.13. The highest BCUT2D eigenvalue weighted by Crippen LogP contribution is 2.37. The van der Waals surface area contributed by atoms with Gasteiger partial charge in [-0.3, -0.25) is 0 Å². The first-order valence-corrected chi connectivity index (χ1v) is 16.5. The molecule has 0 spiro atoms. The Bertz CT molecular complexity index is 3320. The second kappa shape index (κ2) is 11.9. The van der Waals surface area contributed by atoms with Gasteiger partial charge in [-0.05, 0) is 68.0 Å². The number of furan rings is 1. The van der Waals surface area contributed by atoms with Crippen LogP contribution in [0.4, 0.5) is 0 Å². The van der Waals surface area contributed by atoms with Crippen LogP contribution in [0, 0.1) is 0 Å². The van der Waals surface area contributed by atoms with Crippen LogP contribution in [0.3, 0.4) is 0 Å². The molecule has 0 amide bonds. The predicted octanol–water partition coefficient (Wildman–Crippen LogP) is 12.4. The molecule has 0 unspecified atom stereocenters. The van der Waals surface area contributed by atoms with Crippen LogP contribution in [-0.4, -0.2) is 15.0 Å². The summed E-state index contributed by atoms with van der Waals surface area (Å²) in [6.07, 6.45) is 0. The summed E-state index contributed by atoms with van der Waals surface area (Å²) in [4.78, 5) is 14.9. The lowest BCUT2D eigenvalue weighted by molar-refractivity contribution is 0.669. The van der Waals surface area contributed by atoms with Crippen LogP contribution < -0.4 is 0 Å². The molecule has 0 bridgehead atoms. The lowest BCUT2D eigenvalue weighted by atomic mass is 9.97. The van der Waals surface area contributed by atoms with Gasteiger partial charge in [-0.15, -0.1) is 0 Å². The highest BCUT2D eigenvalue weighted by molar-refractivity contribution is 6.11. The average molecular weight is 659 g/mol. The first-order valence-electron chi connectivity index (χ1n) is 20.0. The minimum absolute atomic E-state index is 0.00307. The lowest BCUT2D eigenvalue weighted by Crippen LogP contribution is -2.01. The molecule has 2 aromatic heterocycles. The molecule has 4 nitrogen and oxygen atoms in total. The molecule has 0 aliphatic rings. The lowest BCUT2D eigenvalue weighted by Gasteiger charge is -2.12. The third-order valence-corrected chi connectivity index (χ3v) is 9.26. The van der Waals surface area contributed by atoms with Crippen molar-refractivity contribution in [2.45, 2.75) is 0 Å². The van der Waals surface area contributed by atoms with Gasteiger partial charge in [0.25, 0.3) is 0 Å². The van der Waals surface area contributed by atoms with E-state index < -0.39 is 36.3 Å². The van der Waals surface area contributed by atoms with Crippen LogP contribution in [0.2, 0.25) is 0 Å². The Morgan fingerprint density at radius 1 is 0.392 bits per heavy atom. The minimum atomic E-state index is -0.495. The van der Waals surface area contributed by atoms with E-state index in [1.807, 2.05) is 78.9 Å². The summed E-state index contributed by atoms with van der Waals surface area (Å²) in [5, 5.41) is 4.26. The summed E-state index contributed by atoms with van der Waals surface area (Å²) in [6, 6.07) is 41.5. The summed E-state index contributed by atoms with van der Waals surface area (Å²) in [6.45, 7) is 0. The Hall–Kier alpha value is -6.91. The molecule has 0 atom stereocenters. The fraction of sp³-hybridized carbons (Fsp3) is 0. The summed E-state index contributed by atoms with van der Waals surface area (Å²) in [5.74, 6) is 0.577. The van der Waals surface area contributed by atoms with E-state index in [-0.39, 0.29) is 45.2 Å². The van der Waals surface area contributed by atoms with E-state index in [2.05, 4.69) is 54.6 Å². The van der Waals surface area contributed by atoms with Gasteiger partial charge in [0, 0.05) is 27.5 Å². The van der Waals surface area contributed by atoms with Crippen LogP contribution in [0.15, 0.2) is 180 Å². The zero-order chi connectivity index (χ0) is 39.8. The van der Waals surface area contributed by atoms with Gasteiger partial charge in [0.15, 0.2) is 17.5 Å². The number of benzene rings is 8. The minimum Gasteiger partial charge on any atom is -0.456 e. The molecule has 0 fully saturated rings. The van der Waals surface area contributed by atoms with Gasteiger partial charge in [-0.25, -0.2) is 15.0 Å². The summed E-state index contributed by atoms with van der Waals surface area (Å²) in [7, 11) is 0. The molecule has 238 valence electrons. The Kier molecular flexibility index (Phi) is 5.29. The number of para-hydroxylation sites is 1. The van der Waals surface area contributed by atoms with Gasteiger partial charge in [0.05, 0.1) is 9.60 Å². The van der Waals surface area contributed by atoms with Crippen molar-refractivity contribution in [2.75, 3.05) is 0 Å². The standard InChI is InChI=1S/C47H29N3O/c1-2-12-34-28-36(27-26-30(34)10-1)32-24-22-31(23-25-32)35-14-7-15-37(29-35)45-48-46(39-18-8-13-33-11-3-4-16-38(33)39)50-47(49-45)41-19-9-21-43-44(41)40-17-5-6-20-42(40)51-43/h1-29H/i5D,6D,9D,17D,19D,20D,21D. The molecule has 8 aromatic carbocycles. The summed E-state index contributed by atoms with van der Waals surface area (Å²) < 4.78 is 66.8.